The highest BCUT2D eigenvalue weighted by atomic mass is 35.5. The average Bonchev–Trinajstić information content (AvgIpc) is 3.26. The van der Waals surface area contributed by atoms with Gasteiger partial charge in [-0.2, -0.15) is 0 Å². The number of likely N-dealkylation sites (tertiary alicyclic amines) is 1. The van der Waals surface area contributed by atoms with E-state index in [4.69, 9.17) is 14.2 Å². The molecule has 0 amide bonds. The van der Waals surface area contributed by atoms with Gasteiger partial charge in [0.25, 0.3) is 5.56 Å². The summed E-state index contributed by atoms with van der Waals surface area (Å²) in [6.45, 7) is 4.15. The van der Waals surface area contributed by atoms with Crippen LogP contribution in [0, 0.1) is 5.92 Å². The van der Waals surface area contributed by atoms with Crippen LogP contribution >= 0.6 is 12.4 Å². The number of aromatic nitrogens is 2. The summed E-state index contributed by atoms with van der Waals surface area (Å²) in [5.41, 5.74) is 1.05. The molecule has 1 aromatic heterocycles. The summed E-state index contributed by atoms with van der Waals surface area (Å²) in [7, 11) is 3.04. The Balaban J connectivity index is 0.00000274. The second kappa shape index (κ2) is 10.1. The number of benzene rings is 2. The van der Waals surface area contributed by atoms with Crippen molar-refractivity contribution in [1.82, 2.24) is 14.5 Å². The van der Waals surface area contributed by atoms with Crippen LogP contribution in [0.1, 0.15) is 24.3 Å². The summed E-state index contributed by atoms with van der Waals surface area (Å²) in [6.07, 6.45) is 1.67. The van der Waals surface area contributed by atoms with Crippen LogP contribution in [0.4, 0.5) is 0 Å². The number of fused-ring (bicyclic) bond motifs is 4. The molecule has 182 valence electrons. The number of methoxy groups -OCH3 is 2. The number of ether oxygens (including phenoxy) is 3. The first kappa shape index (κ1) is 24.2. The fraction of sp³-hybridized carbons (Fsp3) is 0.440. The number of nitrogens with one attached hydrogen (secondary N) is 1. The minimum Gasteiger partial charge on any atom is -0.493 e. The maximum atomic E-state index is 13.0. The third-order valence-corrected chi connectivity index (χ3v) is 6.88. The normalized spacial score (nSPS) is 19.1. The molecule has 1 fully saturated rings. The molecule has 34 heavy (non-hydrogen) atoms. The Morgan fingerprint density at radius 1 is 1.03 bits per heavy atom. The average molecular weight is 488 g/mol. The van der Waals surface area contributed by atoms with Crippen molar-refractivity contribution in [2.75, 3.05) is 40.5 Å². The largest absolute Gasteiger partial charge is 0.493 e. The Bertz CT molecular complexity index is 1290. The quantitative estimate of drug-likeness (QED) is 0.516. The van der Waals surface area contributed by atoms with Crippen molar-refractivity contribution in [2.45, 2.75) is 25.3 Å². The van der Waals surface area contributed by atoms with Gasteiger partial charge in [-0.05, 0) is 37.1 Å². The first-order valence-corrected chi connectivity index (χ1v) is 11.4. The molecule has 8 nitrogen and oxygen atoms in total. The van der Waals surface area contributed by atoms with Crippen molar-refractivity contribution in [3.8, 4) is 17.2 Å². The second-order valence-corrected chi connectivity index (χ2v) is 8.82. The number of nitrogens with zero attached hydrogens (tertiary/aromatic N) is 2. The lowest BCUT2D eigenvalue weighted by molar-refractivity contribution is 0.212. The Morgan fingerprint density at radius 2 is 1.76 bits per heavy atom. The van der Waals surface area contributed by atoms with Gasteiger partial charge >= 0.3 is 5.69 Å². The number of hydrogen-bond acceptors (Lipinski definition) is 6. The van der Waals surface area contributed by atoms with E-state index >= 15 is 0 Å². The first-order chi connectivity index (χ1) is 16.1. The molecule has 5 rings (SSSR count). The van der Waals surface area contributed by atoms with Gasteiger partial charge in [0.05, 0.1) is 31.7 Å². The Kier molecular flexibility index (Phi) is 7.19. The fourth-order valence-corrected chi connectivity index (χ4v) is 5.17. The molecule has 2 aromatic carbocycles. The number of halogens is 1. The molecule has 0 saturated carbocycles. The summed E-state index contributed by atoms with van der Waals surface area (Å²) in [5.74, 6) is 2.99. The summed E-state index contributed by atoms with van der Waals surface area (Å²) >= 11 is 0. The number of rotatable bonds is 7. The van der Waals surface area contributed by atoms with Gasteiger partial charge in [-0.1, -0.05) is 18.2 Å². The molecule has 0 aliphatic carbocycles. The predicted molar refractivity (Wildman–Crippen MR) is 133 cm³/mol. The molecule has 2 atom stereocenters. The van der Waals surface area contributed by atoms with Crippen LogP contribution in [0.5, 0.6) is 17.2 Å². The molecule has 3 heterocycles. The lowest BCUT2D eigenvalue weighted by atomic mass is 9.87. The Morgan fingerprint density at radius 3 is 2.56 bits per heavy atom. The molecule has 9 heteroatoms. The molecule has 2 aliphatic rings. The lowest BCUT2D eigenvalue weighted by Gasteiger charge is -2.27. The van der Waals surface area contributed by atoms with E-state index in [1.54, 1.807) is 12.1 Å². The molecule has 0 radical (unpaired) electrons. The summed E-state index contributed by atoms with van der Waals surface area (Å²) in [6, 6.07) is 11.6. The number of para-hydroxylation sites is 1. The maximum absolute atomic E-state index is 13.0. The van der Waals surface area contributed by atoms with Crippen LogP contribution in [0.2, 0.25) is 0 Å². The van der Waals surface area contributed by atoms with Crippen LogP contribution < -0.4 is 25.5 Å². The molecule has 2 aliphatic heterocycles. The van der Waals surface area contributed by atoms with E-state index in [0.29, 0.717) is 40.8 Å². The summed E-state index contributed by atoms with van der Waals surface area (Å²) in [4.78, 5) is 30.8. The van der Waals surface area contributed by atoms with Crippen LogP contribution in [0.3, 0.4) is 0 Å². The molecular weight excluding hydrogens is 458 g/mol. The number of H-pyrrole nitrogens is 1. The van der Waals surface area contributed by atoms with E-state index in [2.05, 4.69) is 28.1 Å². The molecule has 0 spiro atoms. The highest BCUT2D eigenvalue weighted by Crippen LogP contribution is 2.41. The summed E-state index contributed by atoms with van der Waals surface area (Å²) in [5, 5.41) is 0.412. The molecule has 1 saturated heterocycles. The van der Waals surface area contributed by atoms with Crippen molar-refractivity contribution in [2.24, 2.45) is 5.92 Å². The zero-order valence-corrected chi connectivity index (χ0v) is 20.2. The van der Waals surface area contributed by atoms with Crippen molar-refractivity contribution in [3.63, 3.8) is 0 Å². The van der Waals surface area contributed by atoms with Crippen LogP contribution in [-0.2, 0) is 6.54 Å². The van der Waals surface area contributed by atoms with Gasteiger partial charge in [-0.25, -0.2) is 4.79 Å². The van der Waals surface area contributed by atoms with Crippen LogP contribution in [-0.4, -0.2) is 54.9 Å². The standard InChI is InChI=1S/C25H29N3O5.ClH/c1-31-22-11-18-20(12-23(22)32-2)26-25(30)28(24(18)29)10-6-5-9-27-13-16-15-33-21-8-4-3-7-17(21)19(16)14-27;/h3-4,7-8,11-12,16,19H,5-6,9-10,13-15H2,1-2H3,(H,26,30);1H/t16-,19-;/m1./s1. The van der Waals surface area contributed by atoms with Gasteiger partial charge in [0.1, 0.15) is 5.75 Å². The number of hydrogen-bond donors (Lipinski definition) is 1. The first-order valence-electron chi connectivity index (χ1n) is 11.4. The van der Waals surface area contributed by atoms with Crippen molar-refractivity contribution < 1.29 is 14.2 Å². The minimum atomic E-state index is -0.402. The molecule has 0 unspecified atom stereocenters. The van der Waals surface area contributed by atoms with Crippen molar-refractivity contribution in [3.05, 3.63) is 62.8 Å². The van der Waals surface area contributed by atoms with E-state index in [0.717, 1.165) is 44.8 Å². The van der Waals surface area contributed by atoms with Gasteiger partial charge in [0.2, 0.25) is 0 Å². The molecular formula is C25H30ClN3O5. The molecule has 0 bridgehead atoms. The van der Waals surface area contributed by atoms with E-state index in [1.807, 2.05) is 6.07 Å². The predicted octanol–water partition coefficient (Wildman–Crippen LogP) is 3.02. The van der Waals surface area contributed by atoms with E-state index < -0.39 is 5.69 Å². The van der Waals surface area contributed by atoms with E-state index in [-0.39, 0.29) is 18.0 Å². The maximum Gasteiger partial charge on any atom is 0.328 e. The lowest BCUT2D eigenvalue weighted by Crippen LogP contribution is -2.35. The van der Waals surface area contributed by atoms with Crippen LogP contribution in [0.25, 0.3) is 10.9 Å². The van der Waals surface area contributed by atoms with E-state index in [1.165, 1.54) is 24.4 Å². The van der Waals surface area contributed by atoms with Crippen molar-refractivity contribution in [1.29, 1.82) is 0 Å². The summed E-state index contributed by atoms with van der Waals surface area (Å²) < 4.78 is 17.8. The topological polar surface area (TPSA) is 85.8 Å². The smallest absolute Gasteiger partial charge is 0.328 e. The minimum absolute atomic E-state index is 0. The van der Waals surface area contributed by atoms with Gasteiger partial charge in [0.15, 0.2) is 11.5 Å². The van der Waals surface area contributed by atoms with E-state index in [9.17, 15) is 9.59 Å². The SMILES string of the molecule is COc1cc2[nH]c(=O)n(CCCCN3C[C@@H]4COc5ccccc5[C@@H]4C3)c(=O)c2cc1OC.Cl. The van der Waals surface area contributed by atoms with Crippen molar-refractivity contribution >= 4 is 23.3 Å². The van der Waals surface area contributed by atoms with Crippen LogP contribution in [0.15, 0.2) is 46.0 Å². The molecule has 3 aromatic rings. The zero-order chi connectivity index (χ0) is 22.9. The van der Waals surface area contributed by atoms with Gasteiger partial charge < -0.3 is 24.1 Å². The highest BCUT2D eigenvalue weighted by molar-refractivity contribution is 5.85. The third-order valence-electron chi connectivity index (χ3n) is 6.88. The third kappa shape index (κ3) is 4.40. The second-order valence-electron chi connectivity index (χ2n) is 8.82. The van der Waals surface area contributed by atoms with Gasteiger partial charge in [-0.15, -0.1) is 12.4 Å². The Labute approximate surface area is 203 Å². The highest BCUT2D eigenvalue weighted by Gasteiger charge is 2.38. The Hall–Kier alpha value is -2.97. The number of aromatic amines is 1. The van der Waals surface area contributed by atoms with Gasteiger partial charge in [-0.3, -0.25) is 9.36 Å². The zero-order valence-electron chi connectivity index (χ0n) is 19.4. The molecule has 1 N–H and O–H groups in total. The van der Waals surface area contributed by atoms with Gasteiger partial charge in [0, 0.05) is 37.5 Å². The monoisotopic (exact) mass is 487 g/mol. The fourth-order valence-electron chi connectivity index (χ4n) is 5.17. The number of unbranched alkanes of at least 4 members (excludes halogenated alkanes) is 1.